The Morgan fingerprint density at radius 2 is 1.23 bits per heavy atom. The average molecular weight is 419 g/mol. The van der Waals surface area contributed by atoms with Crippen LogP contribution in [0.2, 0.25) is 0 Å². The second-order valence-electron chi connectivity index (χ2n) is 5.46. The highest BCUT2D eigenvalue weighted by Gasteiger charge is 2.18. The molecule has 2 atom stereocenters. The topological polar surface area (TPSA) is 66.9 Å². The van der Waals surface area contributed by atoms with Gasteiger partial charge in [-0.25, -0.2) is 14.8 Å². The third kappa shape index (κ3) is 3.66. The Kier molecular flexibility index (Phi) is 5.03. The van der Waals surface area contributed by atoms with Crippen LogP contribution in [0.5, 0.6) is 0 Å². The molecule has 9 heteroatoms. The molecule has 0 spiro atoms. The predicted molar refractivity (Wildman–Crippen MR) is 114 cm³/mol. The molecular formula is C17H14N4OS4. The number of benzene rings is 2. The molecule has 2 unspecified atom stereocenters. The number of amides is 2. The van der Waals surface area contributed by atoms with Crippen molar-refractivity contribution in [2.45, 2.75) is 10.7 Å². The van der Waals surface area contributed by atoms with E-state index in [9.17, 15) is 4.79 Å². The van der Waals surface area contributed by atoms with E-state index in [0.29, 0.717) is 0 Å². The molecule has 2 amide bonds. The molecule has 0 saturated heterocycles. The van der Waals surface area contributed by atoms with Gasteiger partial charge in [0.25, 0.3) is 0 Å². The fraction of sp³-hybridized carbons (Fsp3) is 0.118. The van der Waals surface area contributed by atoms with Crippen LogP contribution in [0.25, 0.3) is 20.4 Å². The van der Waals surface area contributed by atoms with Crippen LogP contribution in [0.1, 0.15) is 20.8 Å². The number of carbonyl (C=O) groups is 1. The van der Waals surface area contributed by atoms with Gasteiger partial charge in [-0.05, 0) is 24.3 Å². The van der Waals surface area contributed by atoms with E-state index in [2.05, 4.69) is 45.9 Å². The molecule has 2 N–H and O–H groups in total. The smallest absolute Gasteiger partial charge is 0.317 e. The molecule has 4 aromatic rings. The van der Waals surface area contributed by atoms with Gasteiger partial charge in [-0.2, -0.15) is 0 Å². The van der Waals surface area contributed by atoms with Gasteiger partial charge in [-0.1, -0.05) is 24.3 Å². The average Bonchev–Trinajstić information content (AvgIpc) is 3.25. The van der Waals surface area contributed by atoms with Crippen molar-refractivity contribution in [2.75, 3.05) is 0 Å². The van der Waals surface area contributed by atoms with Crippen LogP contribution in [0, 0.1) is 0 Å². The summed E-state index contributed by atoms with van der Waals surface area (Å²) in [7, 11) is 0. The van der Waals surface area contributed by atoms with Crippen LogP contribution >= 0.6 is 47.9 Å². The zero-order valence-corrected chi connectivity index (χ0v) is 16.7. The second kappa shape index (κ2) is 7.43. The van der Waals surface area contributed by atoms with Crippen LogP contribution in [0.4, 0.5) is 4.79 Å². The Morgan fingerprint density at radius 1 is 0.808 bits per heavy atom. The molecule has 0 saturated carbocycles. The van der Waals surface area contributed by atoms with Crippen molar-refractivity contribution < 1.29 is 4.79 Å². The maximum atomic E-state index is 12.3. The molecule has 4 rings (SSSR count). The molecule has 0 aliphatic rings. The Balaban J connectivity index is 1.42. The molecule has 2 aromatic heterocycles. The molecule has 0 aliphatic carbocycles. The summed E-state index contributed by atoms with van der Waals surface area (Å²) in [6.45, 7) is 0. The minimum absolute atomic E-state index is 0.372. The highest BCUT2D eigenvalue weighted by Crippen LogP contribution is 2.29. The Morgan fingerprint density at radius 3 is 1.65 bits per heavy atom. The van der Waals surface area contributed by atoms with E-state index in [0.717, 1.165) is 30.4 Å². The minimum atomic E-state index is -0.497. The summed E-state index contributed by atoms with van der Waals surface area (Å²) >= 11 is 11.9. The lowest BCUT2D eigenvalue weighted by molar-refractivity contribution is 0.239. The Labute approximate surface area is 168 Å². The van der Waals surface area contributed by atoms with Gasteiger partial charge in [0.1, 0.15) is 20.8 Å². The van der Waals surface area contributed by atoms with Crippen LogP contribution in [-0.2, 0) is 0 Å². The van der Waals surface area contributed by atoms with Gasteiger partial charge < -0.3 is 10.6 Å². The normalized spacial score (nSPS) is 13.6. The van der Waals surface area contributed by atoms with Gasteiger partial charge in [0.2, 0.25) is 0 Å². The number of thiol groups is 2. The number of rotatable bonds is 4. The number of fused-ring (bicyclic) bond motifs is 2. The molecule has 0 fully saturated rings. The molecule has 2 heterocycles. The number of urea groups is 1. The van der Waals surface area contributed by atoms with Crippen LogP contribution in [0.15, 0.2) is 48.5 Å². The molecule has 2 aromatic carbocycles. The lowest BCUT2D eigenvalue weighted by atomic mass is 10.3. The van der Waals surface area contributed by atoms with E-state index < -0.39 is 10.7 Å². The standard InChI is InChI=1S/C17H14N4OS4/c22-17(20-13(23)15-18-9-5-1-3-7-11(9)25-15)21-14(24)16-19-10-6-2-4-8-12(10)26-16/h1-8,13-14,23-24H,(H2,20,21,22). The number of aromatic nitrogens is 2. The maximum absolute atomic E-state index is 12.3. The third-order valence-electron chi connectivity index (χ3n) is 3.62. The van der Waals surface area contributed by atoms with E-state index >= 15 is 0 Å². The van der Waals surface area contributed by atoms with E-state index in [1.54, 1.807) is 0 Å². The molecular weight excluding hydrogens is 404 g/mol. The summed E-state index contributed by atoms with van der Waals surface area (Å²) in [5, 5.41) is 6.04. The quantitative estimate of drug-likeness (QED) is 0.285. The summed E-state index contributed by atoms with van der Waals surface area (Å²) in [4.78, 5) is 21.3. The summed E-state index contributed by atoms with van der Waals surface area (Å²) in [5.74, 6) is 0. The lowest BCUT2D eigenvalue weighted by Gasteiger charge is -2.14. The van der Waals surface area contributed by atoms with E-state index in [1.807, 2.05) is 48.5 Å². The van der Waals surface area contributed by atoms with E-state index in [1.165, 1.54) is 22.7 Å². The first kappa shape index (κ1) is 17.6. The fourth-order valence-corrected chi connectivity index (χ4v) is 4.90. The SMILES string of the molecule is O=C(NC(S)c1nc2ccccc2s1)NC(S)c1nc2ccccc2s1. The number of para-hydroxylation sites is 2. The third-order valence-corrected chi connectivity index (χ3v) is 6.92. The van der Waals surface area contributed by atoms with Gasteiger partial charge in [0.05, 0.1) is 20.4 Å². The highest BCUT2D eigenvalue weighted by atomic mass is 32.1. The first-order valence-corrected chi connectivity index (χ1v) is 10.4. The van der Waals surface area contributed by atoms with Gasteiger partial charge >= 0.3 is 6.03 Å². The fourth-order valence-electron chi connectivity index (χ4n) is 2.43. The van der Waals surface area contributed by atoms with E-state index in [-0.39, 0.29) is 6.03 Å². The Hall–Kier alpha value is -1.81. The summed E-state index contributed by atoms with van der Waals surface area (Å²) < 4.78 is 2.12. The number of hydrogen-bond donors (Lipinski definition) is 4. The zero-order valence-electron chi connectivity index (χ0n) is 13.3. The number of nitrogens with zero attached hydrogens (tertiary/aromatic N) is 2. The van der Waals surface area contributed by atoms with Crippen LogP contribution < -0.4 is 10.6 Å². The van der Waals surface area contributed by atoms with Crippen molar-refractivity contribution in [1.29, 1.82) is 0 Å². The second-order valence-corrected chi connectivity index (χ2v) is 8.62. The lowest BCUT2D eigenvalue weighted by Crippen LogP contribution is -2.37. The van der Waals surface area contributed by atoms with Crippen molar-refractivity contribution in [3.8, 4) is 0 Å². The summed E-state index contributed by atoms with van der Waals surface area (Å²) in [6.07, 6.45) is 0. The van der Waals surface area contributed by atoms with Gasteiger partial charge in [0, 0.05) is 0 Å². The van der Waals surface area contributed by atoms with Crippen molar-refractivity contribution in [3.05, 3.63) is 58.5 Å². The molecule has 0 bridgehead atoms. The van der Waals surface area contributed by atoms with Crippen molar-refractivity contribution >= 4 is 74.4 Å². The number of nitrogens with one attached hydrogen (secondary N) is 2. The molecule has 26 heavy (non-hydrogen) atoms. The van der Waals surface area contributed by atoms with Crippen LogP contribution in [-0.4, -0.2) is 16.0 Å². The number of thiazole rings is 2. The summed E-state index contributed by atoms with van der Waals surface area (Å²) in [6, 6.07) is 15.3. The monoisotopic (exact) mass is 418 g/mol. The first-order valence-electron chi connectivity index (χ1n) is 7.74. The minimum Gasteiger partial charge on any atom is -0.320 e. The molecule has 0 aliphatic heterocycles. The van der Waals surface area contributed by atoms with Gasteiger partial charge in [0.15, 0.2) is 0 Å². The molecule has 5 nitrogen and oxygen atoms in total. The van der Waals surface area contributed by atoms with Crippen molar-refractivity contribution in [1.82, 2.24) is 20.6 Å². The number of carbonyl (C=O) groups excluding carboxylic acids is 1. The Bertz CT molecular complexity index is 927. The number of hydrogen-bond acceptors (Lipinski definition) is 7. The van der Waals surface area contributed by atoms with Gasteiger partial charge in [-0.3, -0.25) is 0 Å². The first-order chi connectivity index (χ1) is 12.6. The maximum Gasteiger partial charge on any atom is 0.317 e. The zero-order chi connectivity index (χ0) is 18.1. The predicted octanol–water partition coefficient (Wildman–Crippen LogP) is 4.76. The molecule has 132 valence electrons. The summed E-state index contributed by atoms with van der Waals surface area (Å²) in [5.41, 5.74) is 1.80. The van der Waals surface area contributed by atoms with E-state index in [4.69, 9.17) is 0 Å². The molecule has 0 radical (unpaired) electrons. The largest absolute Gasteiger partial charge is 0.320 e. The van der Waals surface area contributed by atoms with Crippen LogP contribution in [0.3, 0.4) is 0 Å². The van der Waals surface area contributed by atoms with Gasteiger partial charge in [-0.15, -0.1) is 47.9 Å². The highest BCUT2D eigenvalue weighted by molar-refractivity contribution is 7.81. The van der Waals surface area contributed by atoms with Crippen molar-refractivity contribution in [2.24, 2.45) is 0 Å². The van der Waals surface area contributed by atoms with Crippen molar-refractivity contribution in [3.63, 3.8) is 0 Å².